The van der Waals surface area contributed by atoms with E-state index in [0.29, 0.717) is 6.04 Å². The van der Waals surface area contributed by atoms with Crippen LogP contribution in [0.3, 0.4) is 0 Å². The molecular weight excluding hydrogens is 300 g/mol. The summed E-state index contributed by atoms with van der Waals surface area (Å²) in [5.41, 5.74) is 0. The van der Waals surface area contributed by atoms with Gasteiger partial charge < -0.3 is 0 Å². The molecule has 90 valence electrons. The maximum atomic E-state index is 4.32. The number of nitrogens with zero attached hydrogens (tertiary/aromatic N) is 4. The molecule has 1 fully saturated rings. The molecule has 0 spiro atoms. The van der Waals surface area contributed by atoms with Gasteiger partial charge in [-0.2, -0.15) is 5.10 Å². The molecule has 2 aromatic heterocycles. The molecule has 0 aliphatic carbocycles. The Labute approximate surface area is 112 Å². The first kappa shape index (κ1) is 11.4. The summed E-state index contributed by atoms with van der Waals surface area (Å²) in [5, 5.41) is 5.46. The highest BCUT2D eigenvalue weighted by Crippen LogP contribution is 2.25. The lowest BCUT2D eigenvalue weighted by Crippen LogP contribution is -2.46. The third-order valence-electron chi connectivity index (χ3n) is 2.93. The summed E-state index contributed by atoms with van der Waals surface area (Å²) in [6.45, 7) is 5.22. The molecule has 17 heavy (non-hydrogen) atoms. The lowest BCUT2D eigenvalue weighted by Gasteiger charge is -2.38. The van der Waals surface area contributed by atoms with Gasteiger partial charge in [-0.05, 0) is 22.9 Å². The van der Waals surface area contributed by atoms with Gasteiger partial charge in [-0.25, -0.2) is 4.98 Å². The fourth-order valence-corrected chi connectivity index (χ4v) is 3.19. The van der Waals surface area contributed by atoms with E-state index < -0.39 is 0 Å². The molecule has 0 unspecified atom stereocenters. The van der Waals surface area contributed by atoms with Gasteiger partial charge in [-0.15, -0.1) is 11.3 Å². The van der Waals surface area contributed by atoms with Crippen molar-refractivity contribution in [2.75, 3.05) is 13.1 Å². The molecule has 6 heteroatoms. The second kappa shape index (κ2) is 4.51. The Balaban J connectivity index is 1.55. The minimum Gasteiger partial charge on any atom is -0.294 e. The van der Waals surface area contributed by atoms with Crippen molar-refractivity contribution in [3.8, 4) is 0 Å². The Morgan fingerprint density at radius 2 is 2.29 bits per heavy atom. The molecule has 1 saturated heterocycles. The first-order valence-electron chi connectivity index (χ1n) is 5.54. The Morgan fingerprint density at radius 3 is 2.88 bits per heavy atom. The molecule has 1 aliphatic heterocycles. The molecule has 2 aromatic rings. The summed E-state index contributed by atoms with van der Waals surface area (Å²) < 4.78 is 3.09. The molecule has 0 amide bonds. The Hall–Kier alpha value is -0.720. The topological polar surface area (TPSA) is 34.0 Å². The summed E-state index contributed by atoms with van der Waals surface area (Å²) in [6, 6.07) is 0.523. The van der Waals surface area contributed by atoms with Crippen molar-refractivity contribution >= 4 is 27.3 Å². The number of aryl methyl sites for hydroxylation is 1. The van der Waals surface area contributed by atoms with E-state index in [2.05, 4.69) is 30.9 Å². The van der Waals surface area contributed by atoms with E-state index in [1.54, 1.807) is 11.3 Å². The number of halogens is 1. The summed E-state index contributed by atoms with van der Waals surface area (Å²) >= 11 is 5.21. The maximum Gasteiger partial charge on any atom is 0.0897 e. The van der Waals surface area contributed by atoms with Crippen molar-refractivity contribution in [3.63, 3.8) is 0 Å². The lowest BCUT2D eigenvalue weighted by atomic mass is 10.1. The summed E-state index contributed by atoms with van der Waals surface area (Å²) in [5.74, 6) is 0. The van der Waals surface area contributed by atoms with Gasteiger partial charge in [-0.3, -0.25) is 9.58 Å². The van der Waals surface area contributed by atoms with Crippen LogP contribution in [-0.2, 0) is 6.54 Å². The van der Waals surface area contributed by atoms with Crippen molar-refractivity contribution in [2.45, 2.75) is 19.5 Å². The number of hydrogen-bond acceptors (Lipinski definition) is 4. The first-order chi connectivity index (χ1) is 8.20. The molecule has 1 aliphatic rings. The normalized spacial score (nSPS) is 17.3. The fourth-order valence-electron chi connectivity index (χ4n) is 2.05. The van der Waals surface area contributed by atoms with E-state index in [1.807, 2.05) is 30.2 Å². The highest BCUT2D eigenvalue weighted by atomic mass is 79.9. The Morgan fingerprint density at radius 1 is 1.47 bits per heavy atom. The van der Waals surface area contributed by atoms with Gasteiger partial charge in [0, 0.05) is 36.9 Å². The van der Waals surface area contributed by atoms with E-state index in [1.165, 1.54) is 4.88 Å². The van der Waals surface area contributed by atoms with Crippen molar-refractivity contribution < 1.29 is 0 Å². The standard InChI is InChI=1S/C11H13BrN4S/c1-8-13-3-11(17-8)7-15-5-10(6-15)16-4-9(12)2-14-16/h2-4,10H,5-7H2,1H3. The molecule has 0 N–H and O–H groups in total. The zero-order chi connectivity index (χ0) is 11.8. The van der Waals surface area contributed by atoms with Crippen LogP contribution < -0.4 is 0 Å². The Bertz CT molecular complexity index is 515. The Kier molecular flexibility index (Phi) is 3.02. The van der Waals surface area contributed by atoms with Gasteiger partial charge in [0.25, 0.3) is 0 Å². The number of aromatic nitrogens is 3. The van der Waals surface area contributed by atoms with E-state index >= 15 is 0 Å². The summed E-state index contributed by atoms with van der Waals surface area (Å²) in [6.07, 6.45) is 5.87. The molecule has 0 radical (unpaired) electrons. The molecule has 0 saturated carbocycles. The number of likely N-dealkylation sites (tertiary alicyclic amines) is 1. The zero-order valence-electron chi connectivity index (χ0n) is 9.51. The molecule has 3 heterocycles. The van der Waals surface area contributed by atoms with E-state index in [-0.39, 0.29) is 0 Å². The predicted molar refractivity (Wildman–Crippen MR) is 71.1 cm³/mol. The smallest absolute Gasteiger partial charge is 0.0897 e. The number of thiazole rings is 1. The van der Waals surface area contributed by atoms with Crippen molar-refractivity contribution in [1.82, 2.24) is 19.7 Å². The average molecular weight is 313 g/mol. The predicted octanol–water partition coefficient (Wildman–Crippen LogP) is 2.47. The van der Waals surface area contributed by atoms with Crippen LogP contribution in [0, 0.1) is 6.92 Å². The highest BCUT2D eigenvalue weighted by Gasteiger charge is 2.28. The monoisotopic (exact) mass is 312 g/mol. The minimum atomic E-state index is 0.523. The van der Waals surface area contributed by atoms with Gasteiger partial charge in [0.05, 0.1) is 21.7 Å². The summed E-state index contributed by atoms with van der Waals surface area (Å²) in [4.78, 5) is 8.05. The quantitative estimate of drug-likeness (QED) is 0.873. The number of hydrogen-bond donors (Lipinski definition) is 0. The summed E-state index contributed by atoms with van der Waals surface area (Å²) in [7, 11) is 0. The molecule has 3 rings (SSSR count). The van der Waals surface area contributed by atoms with Crippen LogP contribution in [0.25, 0.3) is 0 Å². The van der Waals surface area contributed by atoms with Crippen LogP contribution in [-0.4, -0.2) is 32.8 Å². The molecule has 4 nitrogen and oxygen atoms in total. The van der Waals surface area contributed by atoms with Crippen LogP contribution in [0.1, 0.15) is 15.9 Å². The van der Waals surface area contributed by atoms with E-state index in [4.69, 9.17) is 0 Å². The molecule has 0 aromatic carbocycles. The zero-order valence-corrected chi connectivity index (χ0v) is 11.9. The van der Waals surface area contributed by atoms with Gasteiger partial charge in [0.15, 0.2) is 0 Å². The molecular formula is C11H13BrN4S. The third kappa shape index (κ3) is 2.43. The van der Waals surface area contributed by atoms with Gasteiger partial charge in [-0.1, -0.05) is 0 Å². The van der Waals surface area contributed by atoms with Gasteiger partial charge >= 0.3 is 0 Å². The van der Waals surface area contributed by atoms with E-state index in [0.717, 1.165) is 29.1 Å². The number of rotatable bonds is 3. The van der Waals surface area contributed by atoms with Crippen molar-refractivity contribution in [3.05, 3.63) is 32.9 Å². The van der Waals surface area contributed by atoms with Gasteiger partial charge in [0.2, 0.25) is 0 Å². The van der Waals surface area contributed by atoms with Crippen LogP contribution in [0.15, 0.2) is 23.1 Å². The van der Waals surface area contributed by atoms with Crippen molar-refractivity contribution in [1.29, 1.82) is 0 Å². The molecule has 0 atom stereocenters. The van der Waals surface area contributed by atoms with Crippen LogP contribution >= 0.6 is 27.3 Å². The second-order valence-corrected chi connectivity index (χ2v) is 6.57. The average Bonchev–Trinajstić information content (AvgIpc) is 2.81. The molecule has 0 bridgehead atoms. The fraction of sp³-hybridized carbons (Fsp3) is 0.455. The van der Waals surface area contributed by atoms with Crippen LogP contribution in [0.5, 0.6) is 0 Å². The largest absolute Gasteiger partial charge is 0.294 e. The minimum absolute atomic E-state index is 0.523. The van der Waals surface area contributed by atoms with Crippen molar-refractivity contribution in [2.24, 2.45) is 0 Å². The van der Waals surface area contributed by atoms with Crippen LogP contribution in [0.4, 0.5) is 0 Å². The third-order valence-corrected chi connectivity index (χ3v) is 4.24. The second-order valence-electron chi connectivity index (χ2n) is 4.33. The van der Waals surface area contributed by atoms with Crippen LogP contribution in [0.2, 0.25) is 0 Å². The van der Waals surface area contributed by atoms with E-state index in [9.17, 15) is 0 Å². The first-order valence-corrected chi connectivity index (χ1v) is 7.15. The van der Waals surface area contributed by atoms with Gasteiger partial charge in [0.1, 0.15) is 0 Å². The lowest BCUT2D eigenvalue weighted by molar-refractivity contribution is 0.0919. The maximum absolute atomic E-state index is 4.32. The highest BCUT2D eigenvalue weighted by molar-refractivity contribution is 9.10. The SMILES string of the molecule is Cc1ncc(CN2CC(n3cc(Br)cn3)C2)s1.